The van der Waals surface area contributed by atoms with E-state index in [2.05, 4.69) is 4.74 Å². The molecule has 2 fully saturated rings. The molecule has 2 heterocycles. The van der Waals surface area contributed by atoms with Gasteiger partial charge in [-0.25, -0.2) is 25.3 Å². The molecule has 212 valence electrons. The van der Waals surface area contributed by atoms with E-state index in [9.17, 15) is 69.6 Å². The summed E-state index contributed by atoms with van der Waals surface area (Å²) in [6.07, 6.45) is 0.141. The second-order valence-electron chi connectivity index (χ2n) is 7.37. The Morgan fingerprint density at radius 2 is 1.33 bits per heavy atom. The Morgan fingerprint density at radius 3 is 1.75 bits per heavy atom. The van der Waals surface area contributed by atoms with E-state index in [-0.39, 0.29) is 22.1 Å². The van der Waals surface area contributed by atoms with Crippen molar-refractivity contribution in [2.24, 2.45) is 0 Å². The van der Waals surface area contributed by atoms with Gasteiger partial charge in [-0.3, -0.25) is 9.69 Å². The van der Waals surface area contributed by atoms with E-state index < -0.39 is 95.9 Å². The predicted molar refractivity (Wildman–Crippen MR) is 98.2 cm³/mol. The van der Waals surface area contributed by atoms with Crippen LogP contribution in [0, 0.1) is 0 Å². The number of alkyl halides is 9. The molecular formula is C13H16F9N3O8S3. The van der Waals surface area contributed by atoms with Crippen molar-refractivity contribution in [3.63, 3.8) is 0 Å². The third-order valence-electron chi connectivity index (χ3n) is 5.15. The van der Waals surface area contributed by atoms with E-state index in [1.54, 1.807) is 0 Å². The number of hydrogen-bond acceptors (Lipinski definition) is 9. The molecule has 0 aromatic carbocycles. The molecule has 23 heteroatoms. The fourth-order valence-corrected chi connectivity index (χ4v) is 6.68. The summed E-state index contributed by atoms with van der Waals surface area (Å²) in [5.74, 6) is -11.1. The van der Waals surface area contributed by atoms with Crippen molar-refractivity contribution >= 4 is 35.9 Å². The molecule has 0 aliphatic carbocycles. The molecule has 11 nitrogen and oxygen atoms in total. The van der Waals surface area contributed by atoms with Crippen LogP contribution in [0.5, 0.6) is 0 Å². The highest BCUT2D eigenvalue weighted by Gasteiger charge is 2.82. The molecule has 2 aliphatic heterocycles. The summed E-state index contributed by atoms with van der Waals surface area (Å²) in [5.41, 5.74) is -6.29. The van der Waals surface area contributed by atoms with Crippen LogP contribution in [0.25, 0.3) is 0 Å². The fourth-order valence-electron chi connectivity index (χ4n) is 3.09. The average Bonchev–Trinajstić information content (AvgIpc) is 3.17. The zero-order chi connectivity index (χ0) is 28.2. The van der Waals surface area contributed by atoms with Crippen molar-refractivity contribution < 1.29 is 74.3 Å². The van der Waals surface area contributed by atoms with Crippen molar-refractivity contribution in [1.29, 1.82) is 0 Å². The van der Waals surface area contributed by atoms with E-state index in [4.69, 9.17) is 0 Å². The zero-order valence-corrected chi connectivity index (χ0v) is 19.8. The molecule has 0 saturated carbocycles. The molecule has 36 heavy (non-hydrogen) atoms. The Balaban J connectivity index is 2.28. The number of halogens is 9. The normalized spacial score (nSPS) is 22.6. The summed E-state index contributed by atoms with van der Waals surface area (Å²) in [7, 11) is -20.6. The number of piperazine rings is 1. The summed E-state index contributed by atoms with van der Waals surface area (Å²) in [5, 5.41) is -13.9. The van der Waals surface area contributed by atoms with Gasteiger partial charge >= 0.3 is 37.9 Å². The van der Waals surface area contributed by atoms with Crippen LogP contribution in [0.4, 0.5) is 39.5 Å². The smallest absolute Gasteiger partial charge is 0.464 e. The van der Waals surface area contributed by atoms with Crippen molar-refractivity contribution in [3.05, 3.63) is 0 Å². The SMILES string of the molecule is O=C1OCCC1N1CCN(S(=O)(=O)C(F)(F)C(F)(F)C(F)(F)S(=O)(=O)CNS(=O)(=O)C(F)(F)F)CC1. The molecule has 0 bridgehead atoms. The van der Waals surface area contributed by atoms with E-state index in [1.807, 2.05) is 0 Å². The first-order valence-electron chi connectivity index (χ1n) is 9.26. The predicted octanol–water partition coefficient (Wildman–Crippen LogP) is -0.118. The largest absolute Gasteiger partial charge is 0.511 e. The second kappa shape index (κ2) is 9.39. The maximum absolute atomic E-state index is 14.4. The van der Waals surface area contributed by atoms with E-state index in [1.165, 1.54) is 4.90 Å². The van der Waals surface area contributed by atoms with Crippen LogP contribution in [0.15, 0.2) is 0 Å². The third-order valence-corrected chi connectivity index (χ3v) is 9.98. The van der Waals surface area contributed by atoms with Gasteiger partial charge in [0.2, 0.25) is 9.84 Å². The Bertz CT molecular complexity index is 1180. The Hall–Kier alpha value is -1.43. The molecule has 2 saturated heterocycles. The number of rotatable bonds is 9. The van der Waals surface area contributed by atoms with Crippen molar-refractivity contribution in [3.8, 4) is 0 Å². The van der Waals surface area contributed by atoms with Crippen LogP contribution >= 0.6 is 0 Å². The van der Waals surface area contributed by atoms with Crippen LogP contribution in [0.2, 0.25) is 0 Å². The lowest BCUT2D eigenvalue weighted by Gasteiger charge is -2.39. The zero-order valence-electron chi connectivity index (χ0n) is 17.3. The van der Waals surface area contributed by atoms with E-state index >= 15 is 0 Å². The van der Waals surface area contributed by atoms with E-state index in [0.717, 1.165) is 0 Å². The van der Waals surface area contributed by atoms with Gasteiger partial charge in [0.15, 0.2) is 0 Å². The Labute approximate surface area is 197 Å². The number of esters is 1. The van der Waals surface area contributed by atoms with Gasteiger partial charge in [-0.05, 0) is 0 Å². The molecule has 0 aromatic rings. The first-order chi connectivity index (χ1) is 15.9. The molecule has 1 unspecified atom stereocenters. The van der Waals surface area contributed by atoms with Gasteiger partial charge in [0.25, 0.3) is 10.0 Å². The number of sulfonamides is 2. The van der Waals surface area contributed by atoms with Gasteiger partial charge in [-0.15, -0.1) is 0 Å². The molecule has 2 aliphatic rings. The molecule has 0 radical (unpaired) electrons. The lowest BCUT2D eigenvalue weighted by atomic mass is 10.2. The monoisotopic (exact) mass is 609 g/mol. The van der Waals surface area contributed by atoms with Gasteiger partial charge in [0.05, 0.1) is 6.61 Å². The average molecular weight is 609 g/mol. The first kappa shape index (κ1) is 30.8. The standard InChI is InChI=1S/C13H16F9N3O8S3/c14-10(15,11(16,17)34(27,28)7-23-35(29,30)13(20,21)22)12(18,19)36(31,32)25-4-2-24(3-5-25)8-1-6-33-9(8)26/h8,23H,1-7H2. The minimum Gasteiger partial charge on any atom is -0.464 e. The summed E-state index contributed by atoms with van der Waals surface area (Å²) in [6.45, 7) is -3.04. The fraction of sp³-hybridized carbons (Fsp3) is 0.923. The molecule has 0 amide bonds. The highest BCUT2D eigenvalue weighted by Crippen LogP contribution is 2.51. The number of hydrogen-bond donors (Lipinski definition) is 1. The quantitative estimate of drug-likeness (QED) is 0.279. The van der Waals surface area contributed by atoms with Crippen molar-refractivity contribution in [1.82, 2.24) is 13.9 Å². The highest BCUT2D eigenvalue weighted by atomic mass is 32.2. The molecule has 1 atom stereocenters. The van der Waals surface area contributed by atoms with E-state index in [0.29, 0.717) is 0 Å². The molecule has 1 N–H and O–H groups in total. The van der Waals surface area contributed by atoms with Crippen LogP contribution in [0.1, 0.15) is 6.42 Å². The summed E-state index contributed by atoms with van der Waals surface area (Å²) in [4.78, 5) is 12.8. The van der Waals surface area contributed by atoms with Crippen LogP contribution in [-0.4, -0.2) is 107 Å². The van der Waals surface area contributed by atoms with Crippen molar-refractivity contribution in [2.75, 3.05) is 38.7 Å². The van der Waals surface area contributed by atoms with Gasteiger partial charge in [-0.1, -0.05) is 0 Å². The number of sulfone groups is 1. The molecule has 0 spiro atoms. The Kier molecular flexibility index (Phi) is 8.03. The number of carbonyl (C=O) groups excluding carboxylic acids is 1. The lowest BCUT2D eigenvalue weighted by Crippen LogP contribution is -2.65. The number of ether oxygens (including phenoxy) is 1. The third kappa shape index (κ3) is 5.00. The highest BCUT2D eigenvalue weighted by molar-refractivity contribution is 7.95. The minimum atomic E-state index is -7.28. The van der Waals surface area contributed by atoms with Crippen molar-refractivity contribution in [2.45, 2.75) is 34.4 Å². The summed E-state index contributed by atoms with van der Waals surface area (Å²) in [6, 6.07) is -0.897. The van der Waals surface area contributed by atoms with Crippen LogP contribution in [0.3, 0.4) is 0 Å². The number of carbonyl (C=O) groups is 1. The number of nitrogens with one attached hydrogen (secondary N) is 1. The number of nitrogens with zero attached hydrogens (tertiary/aromatic N) is 2. The molecule has 0 aromatic heterocycles. The second-order valence-corrected chi connectivity index (χ2v) is 13.1. The van der Waals surface area contributed by atoms with Crippen LogP contribution in [-0.2, 0) is 39.4 Å². The maximum atomic E-state index is 14.4. The summed E-state index contributed by atoms with van der Waals surface area (Å²) < 4.78 is 195. The maximum Gasteiger partial charge on any atom is 0.511 e. The lowest BCUT2D eigenvalue weighted by molar-refractivity contribution is -0.245. The number of cyclic esters (lactones) is 1. The van der Waals surface area contributed by atoms with Gasteiger partial charge in [0.1, 0.15) is 11.9 Å². The molecule has 2 rings (SSSR count). The Morgan fingerprint density at radius 1 is 0.833 bits per heavy atom. The van der Waals surface area contributed by atoms with Crippen LogP contribution < -0.4 is 4.72 Å². The summed E-state index contributed by atoms with van der Waals surface area (Å²) >= 11 is 0. The van der Waals surface area contributed by atoms with Gasteiger partial charge in [-0.2, -0.15) is 48.5 Å². The minimum absolute atomic E-state index is 0.00401. The topological polar surface area (TPSA) is 147 Å². The van der Waals surface area contributed by atoms with Gasteiger partial charge in [0, 0.05) is 32.6 Å². The molecular weight excluding hydrogens is 593 g/mol. The first-order valence-corrected chi connectivity index (χ1v) is 13.8. The van der Waals surface area contributed by atoms with Gasteiger partial charge < -0.3 is 4.74 Å².